The van der Waals surface area contributed by atoms with Gasteiger partial charge in [-0.05, 0) is 25.7 Å². The van der Waals surface area contributed by atoms with E-state index in [-0.39, 0.29) is 5.82 Å². The van der Waals surface area contributed by atoms with E-state index in [1.807, 2.05) is 0 Å². The molecule has 0 saturated carbocycles. The second-order valence-electron chi connectivity index (χ2n) is 4.17. The summed E-state index contributed by atoms with van der Waals surface area (Å²) < 4.78 is 18.7. The molecule has 0 aromatic heterocycles. The Hall–Kier alpha value is -0.873. The molecule has 0 unspecified atom stereocenters. The first-order valence-corrected chi connectivity index (χ1v) is 8.01. The third-order valence-corrected chi connectivity index (χ3v) is 2.50. The highest BCUT2D eigenvalue weighted by atomic mass is 28.4. The monoisotopic (exact) mass is 213 g/mol. The summed E-state index contributed by atoms with van der Waals surface area (Å²) in [5.74, 6) is 0.308. The Morgan fingerprint density at radius 1 is 1.36 bits per heavy atom. The van der Waals surface area contributed by atoms with E-state index >= 15 is 0 Å². The lowest BCUT2D eigenvalue weighted by molar-refractivity contribution is 0.537. The lowest BCUT2D eigenvalue weighted by Gasteiger charge is -2.21. The molecule has 0 radical (unpaired) electrons. The van der Waals surface area contributed by atoms with E-state index in [1.54, 1.807) is 6.07 Å². The average molecular weight is 213 g/mol. The minimum Gasteiger partial charge on any atom is -0.544 e. The molecule has 0 spiro atoms. The van der Waals surface area contributed by atoms with Crippen molar-refractivity contribution in [3.63, 3.8) is 0 Å². The number of halogens is 1. The number of benzene rings is 1. The summed E-state index contributed by atoms with van der Waals surface area (Å²) in [6, 6.07) is 4.48. The molecular weight excluding hydrogens is 197 g/mol. The van der Waals surface area contributed by atoms with Crippen molar-refractivity contribution in [2.45, 2.75) is 26.2 Å². The van der Waals surface area contributed by atoms with Crippen LogP contribution in [0.2, 0.25) is 19.6 Å². The van der Waals surface area contributed by atoms with Crippen LogP contribution in [0, 0.1) is 5.82 Å². The van der Waals surface area contributed by atoms with Gasteiger partial charge in [-0.3, -0.25) is 0 Å². The van der Waals surface area contributed by atoms with Gasteiger partial charge in [0.15, 0.2) is 0 Å². The van der Waals surface area contributed by atoms with E-state index in [2.05, 4.69) is 19.6 Å². The van der Waals surface area contributed by atoms with E-state index in [0.717, 1.165) is 5.56 Å². The van der Waals surface area contributed by atoms with Crippen molar-refractivity contribution in [2.24, 2.45) is 5.73 Å². The first kappa shape index (κ1) is 11.2. The number of hydrogen-bond acceptors (Lipinski definition) is 2. The fourth-order valence-electron chi connectivity index (χ4n) is 1.12. The molecular formula is C10H16FNOSi. The van der Waals surface area contributed by atoms with Gasteiger partial charge in [-0.15, -0.1) is 0 Å². The molecule has 2 nitrogen and oxygen atoms in total. The van der Waals surface area contributed by atoms with Gasteiger partial charge in [-0.25, -0.2) is 4.39 Å². The summed E-state index contributed by atoms with van der Waals surface area (Å²) in [6.45, 7) is 6.54. The maximum Gasteiger partial charge on any atom is 0.242 e. The smallest absolute Gasteiger partial charge is 0.242 e. The zero-order chi connectivity index (χ0) is 10.8. The highest BCUT2D eigenvalue weighted by molar-refractivity contribution is 6.70. The molecule has 0 amide bonds. The minimum atomic E-state index is -1.69. The van der Waals surface area contributed by atoms with Gasteiger partial charge in [-0.1, -0.05) is 6.07 Å². The molecule has 14 heavy (non-hydrogen) atoms. The molecule has 0 fully saturated rings. The maximum absolute atomic E-state index is 13.0. The highest BCUT2D eigenvalue weighted by Crippen LogP contribution is 2.22. The topological polar surface area (TPSA) is 35.2 Å². The molecule has 4 heteroatoms. The van der Waals surface area contributed by atoms with Crippen molar-refractivity contribution in [1.82, 2.24) is 0 Å². The molecule has 0 aliphatic rings. The Labute approximate surface area is 85.0 Å². The molecule has 0 heterocycles. The summed E-state index contributed by atoms with van der Waals surface area (Å²) >= 11 is 0. The van der Waals surface area contributed by atoms with Gasteiger partial charge in [0.1, 0.15) is 11.6 Å². The Morgan fingerprint density at radius 2 is 2.00 bits per heavy atom. The third kappa shape index (κ3) is 3.12. The van der Waals surface area contributed by atoms with E-state index in [4.69, 9.17) is 10.2 Å². The summed E-state index contributed by atoms with van der Waals surface area (Å²) in [5.41, 5.74) is 6.39. The van der Waals surface area contributed by atoms with Gasteiger partial charge in [-0.2, -0.15) is 0 Å². The van der Waals surface area contributed by atoms with Crippen LogP contribution >= 0.6 is 0 Å². The lowest BCUT2D eigenvalue weighted by atomic mass is 10.2. The Kier molecular flexibility index (Phi) is 3.28. The van der Waals surface area contributed by atoms with Gasteiger partial charge >= 0.3 is 0 Å². The van der Waals surface area contributed by atoms with E-state index in [9.17, 15) is 4.39 Å². The molecule has 0 atom stereocenters. The predicted molar refractivity (Wildman–Crippen MR) is 58.3 cm³/mol. The van der Waals surface area contributed by atoms with Crippen LogP contribution in [-0.4, -0.2) is 8.32 Å². The largest absolute Gasteiger partial charge is 0.544 e. The Balaban J connectivity index is 2.99. The summed E-state index contributed by atoms with van der Waals surface area (Å²) in [4.78, 5) is 0. The minimum absolute atomic E-state index is 0.282. The molecule has 1 rings (SSSR count). The van der Waals surface area contributed by atoms with Crippen LogP contribution in [0.4, 0.5) is 4.39 Å². The van der Waals surface area contributed by atoms with Crippen LogP contribution in [0.25, 0.3) is 0 Å². The first-order chi connectivity index (χ1) is 6.42. The van der Waals surface area contributed by atoms with Crippen LogP contribution in [0.5, 0.6) is 5.75 Å². The van der Waals surface area contributed by atoms with E-state index < -0.39 is 8.32 Å². The average Bonchev–Trinajstić information content (AvgIpc) is 2.01. The quantitative estimate of drug-likeness (QED) is 0.783. The van der Waals surface area contributed by atoms with Gasteiger partial charge in [0.05, 0.1) is 0 Å². The number of nitrogens with two attached hydrogens (primary N) is 1. The summed E-state index contributed by atoms with van der Waals surface area (Å²) in [6.07, 6.45) is 0. The SMILES string of the molecule is C[Si](C)(C)Oc1cc(F)ccc1CN. The third-order valence-electron chi connectivity index (χ3n) is 1.67. The molecule has 0 aliphatic heterocycles. The molecule has 0 aliphatic carbocycles. The van der Waals surface area contributed by atoms with Gasteiger partial charge in [0.25, 0.3) is 0 Å². The van der Waals surface area contributed by atoms with E-state index in [0.29, 0.717) is 12.3 Å². The van der Waals surface area contributed by atoms with Gasteiger partial charge in [0.2, 0.25) is 8.32 Å². The number of rotatable bonds is 3. The van der Waals surface area contributed by atoms with Gasteiger partial charge < -0.3 is 10.2 Å². The summed E-state index contributed by atoms with van der Waals surface area (Å²) in [5, 5.41) is 0. The zero-order valence-corrected chi connectivity index (χ0v) is 9.80. The predicted octanol–water partition coefficient (Wildman–Crippen LogP) is 2.50. The van der Waals surface area contributed by atoms with Crippen molar-refractivity contribution < 1.29 is 8.82 Å². The number of hydrogen-bond donors (Lipinski definition) is 1. The lowest BCUT2D eigenvalue weighted by Crippen LogP contribution is -2.30. The van der Waals surface area contributed by atoms with Gasteiger partial charge in [0, 0.05) is 18.2 Å². The van der Waals surface area contributed by atoms with Crippen molar-refractivity contribution in [1.29, 1.82) is 0 Å². The van der Waals surface area contributed by atoms with Crippen molar-refractivity contribution in [2.75, 3.05) is 0 Å². The Bertz CT molecular complexity index is 322. The second-order valence-corrected chi connectivity index (χ2v) is 8.60. The van der Waals surface area contributed by atoms with Crippen LogP contribution in [0.15, 0.2) is 18.2 Å². The van der Waals surface area contributed by atoms with E-state index in [1.165, 1.54) is 12.1 Å². The van der Waals surface area contributed by atoms with Crippen molar-refractivity contribution in [3.8, 4) is 5.75 Å². The van der Waals surface area contributed by atoms with Crippen LogP contribution in [0.3, 0.4) is 0 Å². The molecule has 2 N–H and O–H groups in total. The molecule has 1 aromatic carbocycles. The Morgan fingerprint density at radius 3 is 2.50 bits per heavy atom. The van der Waals surface area contributed by atoms with Crippen LogP contribution < -0.4 is 10.2 Å². The van der Waals surface area contributed by atoms with Crippen LogP contribution in [0.1, 0.15) is 5.56 Å². The normalized spacial score (nSPS) is 11.5. The van der Waals surface area contributed by atoms with Crippen LogP contribution in [-0.2, 0) is 6.54 Å². The zero-order valence-electron chi connectivity index (χ0n) is 8.80. The molecule has 0 bridgehead atoms. The molecule has 1 aromatic rings. The van der Waals surface area contributed by atoms with Crippen molar-refractivity contribution in [3.05, 3.63) is 29.6 Å². The van der Waals surface area contributed by atoms with Crippen molar-refractivity contribution >= 4 is 8.32 Å². The molecule has 78 valence electrons. The highest BCUT2D eigenvalue weighted by Gasteiger charge is 2.18. The second kappa shape index (κ2) is 4.10. The maximum atomic E-state index is 13.0. The fraction of sp³-hybridized carbons (Fsp3) is 0.400. The molecule has 0 saturated heterocycles. The standard InChI is InChI=1S/C10H16FNOSi/c1-14(2,3)13-10-6-9(11)5-4-8(10)7-12/h4-6H,7,12H2,1-3H3. The first-order valence-electron chi connectivity index (χ1n) is 4.60. The fourth-order valence-corrected chi connectivity index (χ4v) is 1.97. The summed E-state index contributed by atoms with van der Waals surface area (Å²) in [7, 11) is -1.69.